The zero-order valence-corrected chi connectivity index (χ0v) is 25.8. The van der Waals surface area contributed by atoms with E-state index < -0.39 is 0 Å². The molecule has 4 N–H and O–H groups in total. The maximum Gasteiger partial charge on any atom is 0.259 e. The Labute approximate surface area is 268 Å². The van der Waals surface area contributed by atoms with Crippen LogP contribution in [0.1, 0.15) is 25.0 Å². The second kappa shape index (κ2) is 15.6. The molecule has 230 valence electrons. The van der Waals surface area contributed by atoms with Crippen molar-refractivity contribution in [1.82, 2.24) is 10.9 Å². The molecule has 0 aliphatic heterocycles. The number of fused-ring (bicyclic) bond motifs is 2. The summed E-state index contributed by atoms with van der Waals surface area (Å²) in [6.45, 7) is 4.07. The Bertz CT molecular complexity index is 1810. The van der Waals surface area contributed by atoms with Gasteiger partial charge >= 0.3 is 0 Å². The summed E-state index contributed by atoms with van der Waals surface area (Å²) < 4.78 is 0. The minimum Gasteiger partial charge on any atom is -0.376 e. The summed E-state index contributed by atoms with van der Waals surface area (Å²) in [5.74, 6) is -0.464. The molecule has 0 aromatic heterocycles. The molecule has 0 saturated heterocycles. The second-order valence-electron chi connectivity index (χ2n) is 10.8. The van der Waals surface area contributed by atoms with E-state index in [4.69, 9.17) is 0 Å². The Kier molecular flexibility index (Phi) is 10.7. The molecule has 46 heavy (non-hydrogen) atoms. The summed E-state index contributed by atoms with van der Waals surface area (Å²) in [5.41, 5.74) is 10.7. The van der Waals surface area contributed by atoms with Gasteiger partial charge in [0.15, 0.2) is 0 Å². The number of amides is 2. The van der Waals surface area contributed by atoms with E-state index in [9.17, 15) is 9.59 Å². The summed E-state index contributed by atoms with van der Waals surface area (Å²) in [6.07, 6.45) is 7.20. The third-order valence-electron chi connectivity index (χ3n) is 7.10. The van der Waals surface area contributed by atoms with Crippen LogP contribution in [-0.2, 0) is 9.59 Å². The molecule has 0 fully saturated rings. The van der Waals surface area contributed by atoms with Gasteiger partial charge in [0.2, 0.25) is 0 Å². The highest BCUT2D eigenvalue weighted by atomic mass is 16.2. The fraction of sp³-hybridized carbons (Fsp3) is 0.105. The number of rotatable bonds is 12. The molecule has 2 amide bonds. The van der Waals surface area contributed by atoms with Crippen molar-refractivity contribution >= 4 is 69.3 Å². The standard InChI is InChI=1S/C38H36N6O2/c1-27(23-41-43-37(45)25-39-35-15-7-11-31-9-3-5-13-33(31)35)21-29-17-19-30(20-18-29)22-28(2)24-42-44-38(46)26-40-36-16-8-12-32-10-4-6-14-34(32)36/h3-24,39-40H,25-26H2,1-2H3,(H,43,45)(H,44,46)/b27-21+,28-22+,41-23-,42-24-. The van der Waals surface area contributed by atoms with Gasteiger partial charge in [0.25, 0.3) is 11.8 Å². The van der Waals surface area contributed by atoms with Crippen molar-refractivity contribution in [3.8, 4) is 0 Å². The maximum atomic E-state index is 12.3. The number of nitrogens with one attached hydrogen (secondary N) is 4. The lowest BCUT2D eigenvalue weighted by Gasteiger charge is -2.08. The van der Waals surface area contributed by atoms with Crippen LogP contribution in [-0.4, -0.2) is 37.3 Å². The van der Waals surface area contributed by atoms with Gasteiger partial charge in [0.05, 0.1) is 25.5 Å². The first-order valence-electron chi connectivity index (χ1n) is 15.0. The maximum absolute atomic E-state index is 12.3. The topological polar surface area (TPSA) is 107 Å². The average molecular weight is 609 g/mol. The van der Waals surface area contributed by atoms with E-state index >= 15 is 0 Å². The van der Waals surface area contributed by atoms with Crippen molar-refractivity contribution in [3.63, 3.8) is 0 Å². The van der Waals surface area contributed by atoms with Gasteiger partial charge in [-0.15, -0.1) is 0 Å². The number of nitrogens with zero attached hydrogens (tertiary/aromatic N) is 2. The van der Waals surface area contributed by atoms with Crippen LogP contribution in [0.15, 0.2) is 131 Å². The number of allylic oxidation sites excluding steroid dienone is 2. The number of anilines is 2. The third kappa shape index (κ3) is 9.00. The molecule has 0 spiro atoms. The van der Waals surface area contributed by atoms with Crippen LogP contribution in [0.3, 0.4) is 0 Å². The summed E-state index contributed by atoms with van der Waals surface area (Å²) in [6, 6.07) is 36.0. The zero-order chi connectivity index (χ0) is 32.1. The highest BCUT2D eigenvalue weighted by Crippen LogP contribution is 2.23. The zero-order valence-electron chi connectivity index (χ0n) is 25.8. The summed E-state index contributed by atoms with van der Waals surface area (Å²) in [5, 5.41) is 18.9. The van der Waals surface area contributed by atoms with Crippen LogP contribution in [0.5, 0.6) is 0 Å². The molecular formula is C38H36N6O2. The third-order valence-corrected chi connectivity index (χ3v) is 7.10. The fourth-order valence-electron chi connectivity index (χ4n) is 4.89. The van der Waals surface area contributed by atoms with Gasteiger partial charge in [-0.2, -0.15) is 10.2 Å². The number of hydrogen-bond donors (Lipinski definition) is 4. The van der Waals surface area contributed by atoms with Crippen LogP contribution in [0.4, 0.5) is 11.4 Å². The largest absolute Gasteiger partial charge is 0.376 e. The van der Waals surface area contributed by atoms with Crippen LogP contribution in [0.2, 0.25) is 0 Å². The molecule has 0 heterocycles. The monoisotopic (exact) mass is 608 g/mol. The Morgan fingerprint density at radius 2 is 0.935 bits per heavy atom. The van der Waals surface area contributed by atoms with E-state index in [1.165, 1.54) is 0 Å². The van der Waals surface area contributed by atoms with Crippen LogP contribution >= 0.6 is 0 Å². The predicted molar refractivity (Wildman–Crippen MR) is 192 cm³/mol. The molecule has 0 radical (unpaired) electrons. The van der Waals surface area contributed by atoms with Gasteiger partial charge in [-0.25, -0.2) is 10.9 Å². The number of benzene rings is 5. The minimum absolute atomic E-state index is 0.114. The second-order valence-corrected chi connectivity index (χ2v) is 10.8. The van der Waals surface area contributed by atoms with E-state index in [2.05, 4.69) is 31.7 Å². The van der Waals surface area contributed by atoms with E-state index in [0.717, 1.165) is 55.2 Å². The first kappa shape index (κ1) is 31.4. The van der Waals surface area contributed by atoms with E-state index in [1.54, 1.807) is 12.4 Å². The van der Waals surface area contributed by atoms with Crippen molar-refractivity contribution in [3.05, 3.63) is 131 Å². The highest BCUT2D eigenvalue weighted by Gasteiger charge is 2.04. The SMILES string of the molecule is CC(/C=N\NC(=O)CNc1cccc2ccccc12)=C\c1ccc(/C=C(C)/C=N\NC(=O)CNc2cccc3ccccc23)cc1. The molecular weight excluding hydrogens is 572 g/mol. The molecule has 5 aromatic carbocycles. The Morgan fingerprint density at radius 1 is 0.543 bits per heavy atom. The number of hydrogen-bond acceptors (Lipinski definition) is 6. The number of hydrazone groups is 2. The van der Waals surface area contributed by atoms with E-state index in [1.807, 2.05) is 135 Å². The van der Waals surface area contributed by atoms with Crippen LogP contribution in [0, 0.1) is 0 Å². The Balaban J connectivity index is 1.05. The van der Waals surface area contributed by atoms with Gasteiger partial charge in [0.1, 0.15) is 0 Å². The highest BCUT2D eigenvalue weighted by molar-refractivity contribution is 5.96. The summed E-state index contributed by atoms with van der Waals surface area (Å²) in [7, 11) is 0. The van der Waals surface area contributed by atoms with Crippen molar-refractivity contribution in [2.75, 3.05) is 23.7 Å². The van der Waals surface area contributed by atoms with Crippen LogP contribution < -0.4 is 21.5 Å². The average Bonchev–Trinajstić information content (AvgIpc) is 3.07. The van der Waals surface area contributed by atoms with Gasteiger partial charge < -0.3 is 10.6 Å². The molecule has 0 aliphatic rings. The normalized spacial score (nSPS) is 12.1. The molecule has 0 atom stereocenters. The Hall–Kier alpha value is -6.02. The van der Waals surface area contributed by atoms with Gasteiger partial charge in [0, 0.05) is 22.1 Å². The minimum atomic E-state index is -0.232. The molecule has 8 nitrogen and oxygen atoms in total. The van der Waals surface area contributed by atoms with Gasteiger partial charge in [-0.1, -0.05) is 109 Å². The first-order chi connectivity index (χ1) is 22.4. The number of carbonyl (C=O) groups excluding carboxylic acids is 2. The summed E-state index contributed by atoms with van der Waals surface area (Å²) in [4.78, 5) is 24.6. The van der Waals surface area contributed by atoms with Crippen LogP contribution in [0.25, 0.3) is 33.7 Å². The predicted octanol–water partition coefficient (Wildman–Crippen LogP) is 7.23. The molecule has 8 heteroatoms. The number of carbonyl (C=O) groups is 2. The van der Waals surface area contributed by atoms with E-state index in [0.29, 0.717) is 0 Å². The van der Waals surface area contributed by atoms with E-state index in [-0.39, 0.29) is 24.9 Å². The van der Waals surface area contributed by atoms with Gasteiger partial charge in [-0.3, -0.25) is 9.59 Å². The molecule has 0 unspecified atom stereocenters. The van der Waals surface area contributed by atoms with Crippen molar-refractivity contribution < 1.29 is 9.59 Å². The quantitative estimate of drug-likeness (QED) is 0.0886. The molecule has 0 saturated carbocycles. The lowest BCUT2D eigenvalue weighted by atomic mass is 10.1. The first-order valence-corrected chi connectivity index (χ1v) is 15.0. The molecule has 5 rings (SSSR count). The molecule has 5 aromatic rings. The lowest BCUT2D eigenvalue weighted by Crippen LogP contribution is -2.25. The van der Waals surface area contributed by atoms with Crippen molar-refractivity contribution in [2.45, 2.75) is 13.8 Å². The Morgan fingerprint density at radius 3 is 1.37 bits per heavy atom. The summed E-state index contributed by atoms with van der Waals surface area (Å²) >= 11 is 0. The van der Waals surface area contributed by atoms with Crippen molar-refractivity contribution in [2.24, 2.45) is 10.2 Å². The lowest BCUT2D eigenvalue weighted by molar-refractivity contribution is -0.120. The molecule has 0 aliphatic carbocycles. The molecule has 0 bridgehead atoms. The fourth-order valence-corrected chi connectivity index (χ4v) is 4.89. The van der Waals surface area contributed by atoms with Crippen molar-refractivity contribution in [1.29, 1.82) is 0 Å². The van der Waals surface area contributed by atoms with Gasteiger partial charge in [-0.05, 0) is 59.0 Å². The smallest absolute Gasteiger partial charge is 0.259 e.